The number of rotatable bonds is 2. The molecule has 0 bridgehead atoms. The van der Waals surface area contributed by atoms with Crippen molar-refractivity contribution in [1.82, 2.24) is 4.98 Å². The highest BCUT2D eigenvalue weighted by Gasteiger charge is 2.29. The molecular weight excluding hydrogens is 258 g/mol. The van der Waals surface area contributed by atoms with Gasteiger partial charge in [-0.25, -0.2) is 0 Å². The van der Waals surface area contributed by atoms with E-state index in [9.17, 15) is 0 Å². The molecule has 1 aromatic heterocycles. The normalized spacial score (nSPS) is 27.9. The van der Waals surface area contributed by atoms with Crippen molar-refractivity contribution >= 4 is 33.1 Å². The Labute approximate surface area is 99.2 Å². The number of nitrogens with zero attached hydrogens (tertiary/aromatic N) is 1. The summed E-state index contributed by atoms with van der Waals surface area (Å²) in [6.45, 7) is 2.38. The lowest BCUT2D eigenvalue weighted by molar-refractivity contribution is 0.505. The van der Waals surface area contributed by atoms with E-state index in [2.05, 4.69) is 41.9 Å². The Hall–Kier alpha value is 0.870. The highest BCUT2D eigenvalue weighted by Crippen LogP contribution is 2.71. The van der Waals surface area contributed by atoms with E-state index in [1.54, 1.807) is 0 Å². The minimum Gasteiger partial charge on any atom is -0.261 e. The minimum absolute atomic E-state index is 0.119. The summed E-state index contributed by atoms with van der Waals surface area (Å²) in [5, 5.41) is 0. The van der Waals surface area contributed by atoms with Crippen LogP contribution in [0.25, 0.3) is 0 Å². The molecule has 0 amide bonds. The molecule has 6 atom stereocenters. The number of aromatic nitrogens is 1. The molecule has 0 fully saturated rings. The van der Waals surface area contributed by atoms with Crippen molar-refractivity contribution in [2.45, 2.75) is 25.4 Å². The SMILES string of the molecule is CC1Cc2ncccc2CC1P(P)PP. The Balaban J connectivity index is 2.22. The molecule has 0 saturated heterocycles. The maximum Gasteiger partial charge on any atom is 0.0438 e. The van der Waals surface area contributed by atoms with Gasteiger partial charge < -0.3 is 0 Å². The summed E-state index contributed by atoms with van der Waals surface area (Å²) in [6, 6.07) is 4.32. The van der Waals surface area contributed by atoms with Crippen LogP contribution in [0.4, 0.5) is 0 Å². The van der Waals surface area contributed by atoms with Gasteiger partial charge in [0.05, 0.1) is 0 Å². The van der Waals surface area contributed by atoms with Crippen LogP contribution in [0.2, 0.25) is 0 Å². The Morgan fingerprint density at radius 3 is 3.07 bits per heavy atom. The lowest BCUT2D eigenvalue weighted by atomic mass is 9.88. The zero-order valence-electron chi connectivity index (χ0n) is 8.85. The maximum atomic E-state index is 4.49. The van der Waals surface area contributed by atoms with Crippen molar-refractivity contribution in [3.05, 3.63) is 29.6 Å². The third kappa shape index (κ3) is 2.76. The predicted octanol–water partition coefficient (Wildman–Crippen LogP) is 3.84. The third-order valence-corrected chi connectivity index (χ3v) is 14.5. The van der Waals surface area contributed by atoms with Gasteiger partial charge in [0.25, 0.3) is 0 Å². The first-order valence-electron chi connectivity index (χ1n) is 5.15. The summed E-state index contributed by atoms with van der Waals surface area (Å²) in [7, 11) is 7.12. The van der Waals surface area contributed by atoms with Crippen molar-refractivity contribution in [3.8, 4) is 0 Å². The van der Waals surface area contributed by atoms with Crippen LogP contribution < -0.4 is 0 Å². The molecule has 0 aromatic carbocycles. The quantitative estimate of drug-likeness (QED) is 0.747. The fraction of sp³-hybridized carbons (Fsp3) is 0.500. The number of hydrogen-bond donors (Lipinski definition) is 0. The van der Waals surface area contributed by atoms with Crippen LogP contribution in [0.15, 0.2) is 18.3 Å². The molecule has 0 aliphatic heterocycles. The first-order chi connectivity index (χ1) is 7.22. The molecule has 6 unspecified atom stereocenters. The second-order valence-electron chi connectivity index (χ2n) is 4.10. The van der Waals surface area contributed by atoms with Gasteiger partial charge in [0, 0.05) is 11.9 Å². The molecule has 0 radical (unpaired) electrons. The standard InChI is InChI=1S/C10H17NP4/c1-7-5-9-8(3-2-4-11-9)6-10(7)15(13)14-12/h2-4,7,10,14H,5-6,12-13H2,1H3. The molecule has 0 saturated carbocycles. The first-order valence-corrected chi connectivity index (χ1v) is 11.8. The molecule has 82 valence electrons. The van der Waals surface area contributed by atoms with E-state index in [-0.39, 0.29) is 7.30 Å². The molecule has 5 heteroatoms. The lowest BCUT2D eigenvalue weighted by Gasteiger charge is -2.33. The van der Waals surface area contributed by atoms with Crippen LogP contribution in [0.5, 0.6) is 0 Å². The lowest BCUT2D eigenvalue weighted by Crippen LogP contribution is -2.25. The average molecular weight is 275 g/mol. The fourth-order valence-electron chi connectivity index (χ4n) is 2.18. The van der Waals surface area contributed by atoms with Gasteiger partial charge in [-0.05, 0) is 36.0 Å². The van der Waals surface area contributed by atoms with Crippen LogP contribution in [-0.2, 0) is 12.8 Å². The van der Waals surface area contributed by atoms with Gasteiger partial charge >= 0.3 is 0 Å². The zero-order valence-corrected chi connectivity index (χ0v) is 13.1. The summed E-state index contributed by atoms with van der Waals surface area (Å²) >= 11 is 0. The Morgan fingerprint density at radius 1 is 1.53 bits per heavy atom. The Kier molecular flexibility index (Phi) is 4.50. The van der Waals surface area contributed by atoms with Crippen molar-refractivity contribution in [2.24, 2.45) is 5.92 Å². The Morgan fingerprint density at radius 2 is 2.33 bits per heavy atom. The Bertz CT molecular complexity index is 344. The molecule has 0 N–H and O–H groups in total. The van der Waals surface area contributed by atoms with Gasteiger partial charge in [-0.1, -0.05) is 28.2 Å². The van der Waals surface area contributed by atoms with Gasteiger partial charge in [0.1, 0.15) is 0 Å². The monoisotopic (exact) mass is 275 g/mol. The molecule has 1 heterocycles. The van der Waals surface area contributed by atoms with E-state index in [0.29, 0.717) is 0 Å². The molecule has 1 aliphatic carbocycles. The predicted molar refractivity (Wildman–Crippen MR) is 79.3 cm³/mol. The van der Waals surface area contributed by atoms with E-state index in [1.807, 2.05) is 6.20 Å². The van der Waals surface area contributed by atoms with Gasteiger partial charge in [-0.3, -0.25) is 4.98 Å². The van der Waals surface area contributed by atoms with E-state index in [0.717, 1.165) is 19.5 Å². The van der Waals surface area contributed by atoms with Crippen LogP contribution in [-0.4, -0.2) is 10.6 Å². The smallest absolute Gasteiger partial charge is 0.0438 e. The van der Waals surface area contributed by atoms with Gasteiger partial charge in [0.15, 0.2) is 0 Å². The summed E-state index contributed by atoms with van der Waals surface area (Å²) in [6.07, 6.45) is 4.33. The first kappa shape index (κ1) is 12.3. The molecular formula is C10H17NP4. The highest BCUT2D eigenvalue weighted by molar-refractivity contribution is 8.61. The number of hydrogen-bond acceptors (Lipinski definition) is 1. The average Bonchev–Trinajstić information content (AvgIpc) is 2.27. The van der Waals surface area contributed by atoms with E-state index in [4.69, 9.17) is 0 Å². The molecule has 1 nitrogen and oxygen atoms in total. The zero-order chi connectivity index (χ0) is 10.8. The highest BCUT2D eigenvalue weighted by atomic mass is 32.6. The van der Waals surface area contributed by atoms with Crippen molar-refractivity contribution in [1.29, 1.82) is 0 Å². The second-order valence-corrected chi connectivity index (χ2v) is 13.7. The fourth-order valence-corrected chi connectivity index (χ4v) is 7.95. The minimum atomic E-state index is 0.119. The summed E-state index contributed by atoms with van der Waals surface area (Å²) in [5.74, 6) is 0.795. The van der Waals surface area contributed by atoms with Gasteiger partial charge in [-0.15, -0.1) is 17.9 Å². The van der Waals surface area contributed by atoms with Gasteiger partial charge in [0.2, 0.25) is 0 Å². The third-order valence-electron chi connectivity index (χ3n) is 3.09. The molecule has 1 aromatic rings. The second kappa shape index (κ2) is 5.47. The van der Waals surface area contributed by atoms with Crippen molar-refractivity contribution in [3.63, 3.8) is 0 Å². The molecule has 0 spiro atoms. The van der Waals surface area contributed by atoms with Crippen LogP contribution in [0.3, 0.4) is 0 Å². The molecule has 2 rings (SSSR count). The summed E-state index contributed by atoms with van der Waals surface area (Å²) in [5.41, 5.74) is 3.69. The topological polar surface area (TPSA) is 12.9 Å². The number of fused-ring (bicyclic) bond motifs is 1. The van der Waals surface area contributed by atoms with E-state index in [1.165, 1.54) is 24.1 Å². The van der Waals surface area contributed by atoms with Crippen molar-refractivity contribution < 1.29 is 0 Å². The molecule has 15 heavy (non-hydrogen) atoms. The number of pyridine rings is 1. The van der Waals surface area contributed by atoms with Crippen molar-refractivity contribution in [2.75, 3.05) is 0 Å². The summed E-state index contributed by atoms with van der Waals surface area (Å²) < 4.78 is 0. The van der Waals surface area contributed by atoms with E-state index >= 15 is 0 Å². The van der Waals surface area contributed by atoms with Crippen LogP contribution in [0.1, 0.15) is 18.2 Å². The van der Waals surface area contributed by atoms with Crippen LogP contribution in [0, 0.1) is 5.92 Å². The molecule has 1 aliphatic rings. The van der Waals surface area contributed by atoms with Crippen LogP contribution >= 0.6 is 33.1 Å². The van der Waals surface area contributed by atoms with Gasteiger partial charge in [-0.2, -0.15) is 0 Å². The maximum absolute atomic E-state index is 4.49. The summed E-state index contributed by atoms with van der Waals surface area (Å²) in [4.78, 5) is 4.49. The van der Waals surface area contributed by atoms with E-state index < -0.39 is 0 Å². The largest absolute Gasteiger partial charge is 0.261 e.